The van der Waals surface area contributed by atoms with Crippen molar-refractivity contribution in [2.75, 3.05) is 40.4 Å². The molecular formula is C21H32N2O5. The molecule has 1 heterocycles. The lowest BCUT2D eigenvalue weighted by molar-refractivity contribution is -0.141. The van der Waals surface area contributed by atoms with Crippen LogP contribution in [-0.2, 0) is 15.0 Å². The molecule has 7 heteroatoms. The highest BCUT2D eigenvalue weighted by molar-refractivity contribution is 5.87. The Morgan fingerprint density at radius 1 is 1.18 bits per heavy atom. The molecule has 0 unspecified atom stereocenters. The summed E-state index contributed by atoms with van der Waals surface area (Å²) in [5.41, 5.74) is 0.177. The van der Waals surface area contributed by atoms with E-state index in [9.17, 15) is 9.59 Å². The number of likely N-dealkylation sites (N-methyl/N-ethyl adjacent to an activating group) is 1. The van der Waals surface area contributed by atoms with Gasteiger partial charge in [-0.25, -0.2) is 0 Å². The fourth-order valence-corrected chi connectivity index (χ4v) is 3.85. The summed E-state index contributed by atoms with van der Waals surface area (Å²) in [5, 5.41) is 9.07. The van der Waals surface area contributed by atoms with E-state index in [-0.39, 0.29) is 18.5 Å². The zero-order valence-corrected chi connectivity index (χ0v) is 17.5. The van der Waals surface area contributed by atoms with Gasteiger partial charge in [-0.05, 0) is 50.9 Å². The van der Waals surface area contributed by atoms with Crippen molar-refractivity contribution >= 4 is 11.9 Å². The smallest absolute Gasteiger partial charge is 0.317 e. The SMILES string of the molecule is CCN(CC(=O)O)C1CCN(C(=O)C(C)(C)c2ccc(OC)c(OC)c2)CC1. The van der Waals surface area contributed by atoms with Crippen molar-refractivity contribution in [2.24, 2.45) is 0 Å². The first kappa shape index (κ1) is 22.0. The van der Waals surface area contributed by atoms with Crippen LogP contribution in [0.15, 0.2) is 18.2 Å². The molecule has 1 aromatic carbocycles. The number of hydrogen-bond acceptors (Lipinski definition) is 5. The number of rotatable bonds is 8. The molecule has 0 saturated carbocycles. The van der Waals surface area contributed by atoms with Crippen LogP contribution >= 0.6 is 0 Å². The van der Waals surface area contributed by atoms with Gasteiger partial charge in [0.25, 0.3) is 0 Å². The summed E-state index contributed by atoms with van der Waals surface area (Å²) in [7, 11) is 3.17. The van der Waals surface area contributed by atoms with Crippen LogP contribution in [0.25, 0.3) is 0 Å². The minimum absolute atomic E-state index is 0.0479. The zero-order valence-electron chi connectivity index (χ0n) is 17.5. The first-order valence-corrected chi connectivity index (χ1v) is 9.72. The van der Waals surface area contributed by atoms with E-state index in [4.69, 9.17) is 14.6 Å². The quantitative estimate of drug-likeness (QED) is 0.732. The largest absolute Gasteiger partial charge is 0.493 e. The number of benzene rings is 1. The number of carbonyl (C=O) groups is 2. The summed E-state index contributed by atoms with van der Waals surface area (Å²) in [6.07, 6.45) is 1.57. The molecule has 2 rings (SSSR count). The molecule has 1 N–H and O–H groups in total. The van der Waals surface area contributed by atoms with Crippen molar-refractivity contribution < 1.29 is 24.2 Å². The van der Waals surface area contributed by atoms with Gasteiger partial charge in [-0.3, -0.25) is 14.5 Å². The van der Waals surface area contributed by atoms with Crippen LogP contribution in [0.1, 0.15) is 39.2 Å². The molecule has 28 heavy (non-hydrogen) atoms. The third kappa shape index (κ3) is 4.76. The molecule has 1 fully saturated rings. The maximum Gasteiger partial charge on any atom is 0.317 e. The second kappa shape index (κ2) is 9.28. The van der Waals surface area contributed by atoms with E-state index in [1.165, 1.54) is 0 Å². The van der Waals surface area contributed by atoms with Gasteiger partial charge in [-0.2, -0.15) is 0 Å². The van der Waals surface area contributed by atoms with Gasteiger partial charge in [0.15, 0.2) is 11.5 Å². The average Bonchev–Trinajstić information content (AvgIpc) is 2.70. The minimum atomic E-state index is -0.810. The number of nitrogens with zero attached hydrogens (tertiary/aromatic N) is 2. The summed E-state index contributed by atoms with van der Waals surface area (Å²) in [6, 6.07) is 5.78. The Balaban J connectivity index is 2.08. The van der Waals surface area contributed by atoms with Gasteiger partial charge in [0.1, 0.15) is 0 Å². The molecule has 0 bridgehead atoms. The molecule has 156 valence electrons. The molecule has 7 nitrogen and oxygen atoms in total. The molecule has 0 spiro atoms. The van der Waals surface area contributed by atoms with Crippen LogP contribution in [0.2, 0.25) is 0 Å². The molecule has 1 aliphatic heterocycles. The number of piperidine rings is 1. The van der Waals surface area contributed by atoms with Crippen LogP contribution in [-0.4, -0.2) is 73.2 Å². The molecule has 1 aliphatic rings. The van der Waals surface area contributed by atoms with Crippen LogP contribution in [0, 0.1) is 0 Å². The topological polar surface area (TPSA) is 79.3 Å². The van der Waals surface area contributed by atoms with E-state index in [2.05, 4.69) is 0 Å². The second-order valence-electron chi connectivity index (χ2n) is 7.67. The van der Waals surface area contributed by atoms with Gasteiger partial charge >= 0.3 is 5.97 Å². The van der Waals surface area contributed by atoms with E-state index in [1.807, 2.05) is 48.8 Å². The van der Waals surface area contributed by atoms with Gasteiger partial charge in [0.05, 0.1) is 26.2 Å². The number of aliphatic carboxylic acids is 1. The third-order valence-corrected chi connectivity index (χ3v) is 5.65. The lowest BCUT2D eigenvalue weighted by Crippen LogP contribution is -2.51. The number of amides is 1. The first-order chi connectivity index (χ1) is 13.2. The number of hydrogen-bond donors (Lipinski definition) is 1. The number of likely N-dealkylation sites (tertiary alicyclic amines) is 1. The standard InChI is InChI=1S/C21H32N2O5/c1-6-22(14-19(24)25)16-9-11-23(12-10-16)20(26)21(2,3)15-7-8-17(27-4)18(13-15)28-5/h7-8,13,16H,6,9-12,14H2,1-5H3,(H,24,25). The maximum absolute atomic E-state index is 13.2. The van der Waals surface area contributed by atoms with Gasteiger partial charge in [-0.15, -0.1) is 0 Å². The van der Waals surface area contributed by atoms with E-state index < -0.39 is 11.4 Å². The molecule has 0 aromatic heterocycles. The van der Waals surface area contributed by atoms with Gasteiger partial charge in [0.2, 0.25) is 5.91 Å². The minimum Gasteiger partial charge on any atom is -0.493 e. The van der Waals surface area contributed by atoms with Gasteiger partial charge < -0.3 is 19.5 Å². The Morgan fingerprint density at radius 2 is 1.79 bits per heavy atom. The summed E-state index contributed by atoms with van der Waals surface area (Å²) in [6.45, 7) is 7.83. The van der Waals surface area contributed by atoms with Crippen molar-refractivity contribution in [3.8, 4) is 11.5 Å². The highest BCUT2D eigenvalue weighted by Gasteiger charge is 2.36. The monoisotopic (exact) mass is 392 g/mol. The van der Waals surface area contributed by atoms with Crippen molar-refractivity contribution in [3.63, 3.8) is 0 Å². The molecule has 1 saturated heterocycles. The van der Waals surface area contributed by atoms with E-state index >= 15 is 0 Å². The number of carbonyl (C=O) groups excluding carboxylic acids is 1. The summed E-state index contributed by atoms with van der Waals surface area (Å²) < 4.78 is 10.7. The van der Waals surface area contributed by atoms with E-state index in [0.29, 0.717) is 31.1 Å². The highest BCUT2D eigenvalue weighted by atomic mass is 16.5. The van der Waals surface area contributed by atoms with Crippen LogP contribution in [0.3, 0.4) is 0 Å². The molecule has 0 aliphatic carbocycles. The fourth-order valence-electron chi connectivity index (χ4n) is 3.85. The van der Waals surface area contributed by atoms with E-state index in [0.717, 1.165) is 18.4 Å². The van der Waals surface area contributed by atoms with E-state index in [1.54, 1.807) is 14.2 Å². The summed E-state index contributed by atoms with van der Waals surface area (Å²) in [4.78, 5) is 28.2. The van der Waals surface area contributed by atoms with Crippen molar-refractivity contribution in [1.29, 1.82) is 0 Å². The lowest BCUT2D eigenvalue weighted by Gasteiger charge is -2.40. The van der Waals surface area contributed by atoms with Crippen LogP contribution in [0.5, 0.6) is 11.5 Å². The highest BCUT2D eigenvalue weighted by Crippen LogP contribution is 2.34. The Kier molecular flexibility index (Phi) is 7.29. The van der Waals surface area contributed by atoms with Gasteiger partial charge in [0, 0.05) is 19.1 Å². The maximum atomic E-state index is 13.2. The predicted molar refractivity (Wildman–Crippen MR) is 107 cm³/mol. The molecule has 1 aromatic rings. The Labute approximate surface area is 167 Å². The normalized spacial score (nSPS) is 15.6. The summed E-state index contributed by atoms with van der Waals surface area (Å²) in [5.74, 6) is 0.495. The fraction of sp³-hybridized carbons (Fsp3) is 0.619. The molecular weight excluding hydrogens is 360 g/mol. The Hall–Kier alpha value is -2.28. The summed E-state index contributed by atoms with van der Waals surface area (Å²) >= 11 is 0. The molecule has 0 atom stereocenters. The second-order valence-corrected chi connectivity index (χ2v) is 7.67. The van der Waals surface area contributed by atoms with Crippen molar-refractivity contribution in [1.82, 2.24) is 9.80 Å². The third-order valence-electron chi connectivity index (χ3n) is 5.65. The zero-order chi connectivity index (χ0) is 20.9. The Morgan fingerprint density at radius 3 is 2.29 bits per heavy atom. The molecule has 0 radical (unpaired) electrons. The molecule has 1 amide bonds. The van der Waals surface area contributed by atoms with Crippen molar-refractivity contribution in [3.05, 3.63) is 23.8 Å². The number of methoxy groups -OCH3 is 2. The van der Waals surface area contributed by atoms with Crippen LogP contribution < -0.4 is 9.47 Å². The predicted octanol–water partition coefficient (Wildman–Crippen LogP) is 2.38. The van der Waals surface area contributed by atoms with Crippen molar-refractivity contribution in [2.45, 2.75) is 45.1 Å². The van der Waals surface area contributed by atoms with Gasteiger partial charge in [-0.1, -0.05) is 13.0 Å². The van der Waals surface area contributed by atoms with Crippen LogP contribution in [0.4, 0.5) is 0 Å². The first-order valence-electron chi connectivity index (χ1n) is 9.72. The average molecular weight is 392 g/mol. The Bertz CT molecular complexity index is 696. The number of carboxylic acid groups (broad SMARTS) is 1. The number of carboxylic acids is 1. The lowest BCUT2D eigenvalue weighted by atomic mass is 9.82. The number of ether oxygens (including phenoxy) is 2.